The Morgan fingerprint density at radius 1 is 1.14 bits per heavy atom. The fourth-order valence-corrected chi connectivity index (χ4v) is 2.19. The average Bonchev–Trinajstić information content (AvgIpc) is 2.70. The molecule has 0 unspecified atom stereocenters. The summed E-state index contributed by atoms with van der Waals surface area (Å²) in [6, 6.07) is 8.15. The van der Waals surface area contributed by atoms with E-state index in [1.807, 2.05) is 30.4 Å². The van der Waals surface area contributed by atoms with Crippen molar-refractivity contribution in [2.45, 2.75) is 6.04 Å². The molecule has 0 aromatic heterocycles. The topological polar surface area (TPSA) is 26.0 Å². The summed E-state index contributed by atoms with van der Waals surface area (Å²) in [4.78, 5) is 0. The Morgan fingerprint density at radius 2 is 1.79 bits per heavy atom. The van der Waals surface area contributed by atoms with Crippen molar-refractivity contribution in [3.63, 3.8) is 0 Å². The Labute approximate surface area is 92.4 Å². The molecule has 0 spiro atoms. The zero-order valence-corrected chi connectivity index (χ0v) is 9.31. The Balaban J connectivity index is 2.26. The summed E-state index contributed by atoms with van der Waals surface area (Å²) in [5.74, 6) is 0.327. The predicted molar refractivity (Wildman–Crippen MR) is 62.8 cm³/mol. The van der Waals surface area contributed by atoms with Gasteiger partial charge in [0.1, 0.15) is 0 Å². The van der Waals surface area contributed by atoms with Gasteiger partial charge >= 0.3 is 0 Å². The molecule has 1 aliphatic rings. The third kappa shape index (κ3) is 1.81. The molecular weight excluding hydrogens is 238 g/mol. The molecule has 72 valence electrons. The van der Waals surface area contributed by atoms with E-state index in [-0.39, 0.29) is 6.04 Å². The van der Waals surface area contributed by atoms with Gasteiger partial charge in [-0.25, -0.2) is 0 Å². The third-order valence-electron chi connectivity index (χ3n) is 2.46. The lowest BCUT2D eigenvalue weighted by Gasteiger charge is -2.17. The summed E-state index contributed by atoms with van der Waals surface area (Å²) < 4.78 is 1.08. The second-order valence-corrected chi connectivity index (χ2v) is 4.25. The molecule has 1 aliphatic carbocycles. The lowest BCUT2D eigenvalue weighted by molar-refractivity contribution is 0.621. The molecule has 2 heteroatoms. The van der Waals surface area contributed by atoms with Gasteiger partial charge < -0.3 is 5.73 Å². The number of hydrogen-bond donors (Lipinski definition) is 1. The minimum Gasteiger partial charge on any atom is -0.323 e. The molecule has 0 saturated carbocycles. The Bertz CT molecular complexity index is 370. The maximum absolute atomic E-state index is 6.17. The highest BCUT2D eigenvalue weighted by atomic mass is 79.9. The SMILES string of the molecule is N[C@H](c1ccccc1Br)C1C=CC=C1. The van der Waals surface area contributed by atoms with Crippen LogP contribution in [-0.4, -0.2) is 0 Å². The summed E-state index contributed by atoms with van der Waals surface area (Å²) >= 11 is 3.52. The van der Waals surface area contributed by atoms with Crippen molar-refractivity contribution in [2.24, 2.45) is 11.7 Å². The molecule has 0 saturated heterocycles. The van der Waals surface area contributed by atoms with E-state index in [1.54, 1.807) is 0 Å². The van der Waals surface area contributed by atoms with Gasteiger partial charge in [-0.05, 0) is 11.6 Å². The van der Waals surface area contributed by atoms with Crippen molar-refractivity contribution in [1.29, 1.82) is 0 Å². The summed E-state index contributed by atoms with van der Waals surface area (Å²) in [6.07, 6.45) is 8.34. The minimum atomic E-state index is 0.0422. The number of benzene rings is 1. The van der Waals surface area contributed by atoms with E-state index in [9.17, 15) is 0 Å². The molecule has 0 aliphatic heterocycles. The van der Waals surface area contributed by atoms with E-state index in [4.69, 9.17) is 5.73 Å². The van der Waals surface area contributed by atoms with Gasteiger partial charge in [-0.1, -0.05) is 58.4 Å². The molecule has 14 heavy (non-hydrogen) atoms. The first-order valence-electron chi connectivity index (χ1n) is 4.64. The van der Waals surface area contributed by atoms with Gasteiger partial charge in [-0.3, -0.25) is 0 Å². The normalized spacial score (nSPS) is 17.6. The first-order chi connectivity index (χ1) is 6.79. The van der Waals surface area contributed by atoms with Crippen LogP contribution in [0, 0.1) is 5.92 Å². The quantitative estimate of drug-likeness (QED) is 0.857. The highest BCUT2D eigenvalue weighted by Gasteiger charge is 2.17. The first-order valence-corrected chi connectivity index (χ1v) is 5.43. The van der Waals surface area contributed by atoms with E-state index in [0.29, 0.717) is 5.92 Å². The number of hydrogen-bond acceptors (Lipinski definition) is 1. The van der Waals surface area contributed by atoms with E-state index in [1.165, 1.54) is 0 Å². The molecule has 1 nitrogen and oxygen atoms in total. The molecule has 1 aromatic rings. The zero-order chi connectivity index (χ0) is 9.97. The zero-order valence-electron chi connectivity index (χ0n) is 7.73. The number of halogens is 1. The van der Waals surface area contributed by atoms with E-state index >= 15 is 0 Å². The molecule has 1 atom stereocenters. The van der Waals surface area contributed by atoms with Crippen LogP contribution in [-0.2, 0) is 0 Å². The summed E-state index contributed by atoms with van der Waals surface area (Å²) in [6.45, 7) is 0. The maximum atomic E-state index is 6.17. The fraction of sp³-hybridized carbons (Fsp3) is 0.167. The molecule has 0 radical (unpaired) electrons. The summed E-state index contributed by atoms with van der Waals surface area (Å²) in [5.41, 5.74) is 7.33. The largest absolute Gasteiger partial charge is 0.323 e. The van der Waals surface area contributed by atoms with Crippen molar-refractivity contribution in [3.8, 4) is 0 Å². The van der Waals surface area contributed by atoms with Crippen LogP contribution >= 0.6 is 15.9 Å². The number of rotatable bonds is 2. The van der Waals surface area contributed by atoms with E-state index < -0.39 is 0 Å². The van der Waals surface area contributed by atoms with Crippen LogP contribution in [0.2, 0.25) is 0 Å². The summed E-state index contributed by atoms with van der Waals surface area (Å²) in [7, 11) is 0. The van der Waals surface area contributed by atoms with Gasteiger partial charge in [0.25, 0.3) is 0 Å². The lowest BCUT2D eigenvalue weighted by atomic mass is 9.95. The van der Waals surface area contributed by atoms with Crippen LogP contribution in [0.3, 0.4) is 0 Å². The van der Waals surface area contributed by atoms with Crippen molar-refractivity contribution in [1.82, 2.24) is 0 Å². The van der Waals surface area contributed by atoms with Crippen molar-refractivity contribution < 1.29 is 0 Å². The van der Waals surface area contributed by atoms with E-state index in [2.05, 4.69) is 34.1 Å². The molecular formula is C12H12BrN. The third-order valence-corrected chi connectivity index (χ3v) is 3.18. The first kappa shape index (κ1) is 9.69. The molecule has 0 bridgehead atoms. The molecule has 2 rings (SSSR count). The van der Waals surface area contributed by atoms with Crippen LogP contribution in [0.15, 0.2) is 53.0 Å². The van der Waals surface area contributed by atoms with E-state index in [0.717, 1.165) is 10.0 Å². The average molecular weight is 250 g/mol. The van der Waals surface area contributed by atoms with Crippen molar-refractivity contribution in [3.05, 3.63) is 58.6 Å². The van der Waals surface area contributed by atoms with Gasteiger partial charge in [0, 0.05) is 16.4 Å². The Hall–Kier alpha value is -0.860. The van der Waals surface area contributed by atoms with Crippen molar-refractivity contribution in [2.75, 3.05) is 0 Å². The molecule has 0 heterocycles. The van der Waals surface area contributed by atoms with Crippen LogP contribution in [0.5, 0.6) is 0 Å². The maximum Gasteiger partial charge on any atom is 0.0405 e. The second-order valence-electron chi connectivity index (χ2n) is 3.39. The van der Waals surface area contributed by atoms with Gasteiger partial charge in [0.15, 0.2) is 0 Å². The predicted octanol–water partition coefficient (Wildman–Crippen LogP) is 3.19. The molecule has 0 amide bonds. The fourth-order valence-electron chi connectivity index (χ4n) is 1.64. The number of nitrogens with two attached hydrogens (primary N) is 1. The molecule has 1 aromatic carbocycles. The van der Waals surface area contributed by atoms with Crippen molar-refractivity contribution >= 4 is 15.9 Å². The van der Waals surface area contributed by atoms with Gasteiger partial charge in [0.2, 0.25) is 0 Å². The van der Waals surface area contributed by atoms with Crippen LogP contribution < -0.4 is 5.73 Å². The minimum absolute atomic E-state index is 0.0422. The highest BCUT2D eigenvalue weighted by Crippen LogP contribution is 2.29. The van der Waals surface area contributed by atoms with Gasteiger partial charge in [-0.2, -0.15) is 0 Å². The van der Waals surface area contributed by atoms with Crippen LogP contribution in [0.25, 0.3) is 0 Å². The van der Waals surface area contributed by atoms with Crippen LogP contribution in [0.4, 0.5) is 0 Å². The standard InChI is InChI=1S/C12H12BrN/c13-11-8-4-3-7-10(11)12(14)9-5-1-2-6-9/h1-9,12H,14H2/t12-/m0/s1. The smallest absolute Gasteiger partial charge is 0.0405 e. The number of allylic oxidation sites excluding steroid dienone is 2. The molecule has 0 fully saturated rings. The monoisotopic (exact) mass is 249 g/mol. The molecule has 2 N–H and O–H groups in total. The Morgan fingerprint density at radius 3 is 2.43 bits per heavy atom. The van der Waals surface area contributed by atoms with Crippen LogP contribution in [0.1, 0.15) is 11.6 Å². The Kier molecular flexibility index (Phi) is 2.85. The van der Waals surface area contributed by atoms with Gasteiger partial charge in [-0.15, -0.1) is 0 Å². The highest BCUT2D eigenvalue weighted by molar-refractivity contribution is 9.10. The van der Waals surface area contributed by atoms with Gasteiger partial charge in [0.05, 0.1) is 0 Å². The summed E-state index contributed by atoms with van der Waals surface area (Å²) in [5, 5.41) is 0. The lowest BCUT2D eigenvalue weighted by Crippen LogP contribution is -2.17. The second kappa shape index (κ2) is 4.11.